The van der Waals surface area contributed by atoms with Crippen molar-refractivity contribution < 1.29 is 14.6 Å². The van der Waals surface area contributed by atoms with E-state index in [1.54, 1.807) is 24.3 Å². The molecule has 6 heteroatoms. The monoisotopic (exact) mass is 273 g/mol. The highest BCUT2D eigenvalue weighted by Gasteiger charge is 2.05. The second kappa shape index (κ2) is 6.01. The maximum atomic E-state index is 10.4. The Labute approximate surface area is 116 Å². The lowest BCUT2D eigenvalue weighted by Gasteiger charge is -2.06. The van der Waals surface area contributed by atoms with E-state index in [0.29, 0.717) is 12.4 Å². The molecule has 1 heterocycles. The fraction of sp³-hybridized carbons (Fsp3) is 0.214. The molecule has 0 aliphatic heterocycles. The van der Waals surface area contributed by atoms with Gasteiger partial charge < -0.3 is 14.4 Å². The van der Waals surface area contributed by atoms with Crippen molar-refractivity contribution in [2.75, 3.05) is 0 Å². The standard InChI is InChI=1S/C14H15N3O3/c1-10-15-16-13(17(10)2)9-20-12-6-3-11(4-7-12)5-8-14(18)19/h3-8H,9H2,1-2H3,(H,18,19)/b8-5+. The molecule has 2 aromatic rings. The van der Waals surface area contributed by atoms with Crippen LogP contribution < -0.4 is 4.74 Å². The van der Waals surface area contributed by atoms with E-state index in [9.17, 15) is 4.79 Å². The Morgan fingerprint density at radius 3 is 2.60 bits per heavy atom. The molecule has 6 nitrogen and oxygen atoms in total. The minimum absolute atomic E-state index is 0.335. The Hall–Kier alpha value is -2.63. The second-order valence-corrected chi connectivity index (χ2v) is 4.25. The molecular formula is C14H15N3O3. The number of nitrogens with zero attached hydrogens (tertiary/aromatic N) is 3. The minimum atomic E-state index is -0.969. The van der Waals surface area contributed by atoms with Crippen molar-refractivity contribution in [1.29, 1.82) is 0 Å². The van der Waals surface area contributed by atoms with Gasteiger partial charge in [-0.3, -0.25) is 0 Å². The van der Waals surface area contributed by atoms with Crippen molar-refractivity contribution in [2.24, 2.45) is 7.05 Å². The molecule has 0 aliphatic carbocycles. The number of carboxylic acids is 1. The molecule has 20 heavy (non-hydrogen) atoms. The first-order valence-electron chi connectivity index (χ1n) is 6.05. The van der Waals surface area contributed by atoms with E-state index in [-0.39, 0.29) is 0 Å². The van der Waals surface area contributed by atoms with Crippen LogP contribution in [0.4, 0.5) is 0 Å². The third-order valence-corrected chi connectivity index (χ3v) is 2.85. The zero-order chi connectivity index (χ0) is 14.5. The molecule has 2 rings (SSSR count). The summed E-state index contributed by atoms with van der Waals surface area (Å²) in [5.41, 5.74) is 0.800. The number of carbonyl (C=O) groups is 1. The van der Waals surface area contributed by atoms with Crippen molar-refractivity contribution in [3.8, 4) is 5.75 Å². The number of aryl methyl sites for hydroxylation is 1. The fourth-order valence-corrected chi connectivity index (χ4v) is 1.57. The highest BCUT2D eigenvalue weighted by atomic mass is 16.5. The molecule has 0 aliphatic rings. The topological polar surface area (TPSA) is 77.2 Å². The number of benzene rings is 1. The summed E-state index contributed by atoms with van der Waals surface area (Å²) in [7, 11) is 1.88. The van der Waals surface area contributed by atoms with E-state index in [1.807, 2.05) is 18.5 Å². The molecule has 1 aromatic carbocycles. The Morgan fingerprint density at radius 2 is 2.05 bits per heavy atom. The molecular weight excluding hydrogens is 258 g/mol. The fourth-order valence-electron chi connectivity index (χ4n) is 1.57. The van der Waals surface area contributed by atoms with Crippen molar-refractivity contribution in [3.63, 3.8) is 0 Å². The van der Waals surface area contributed by atoms with Crippen molar-refractivity contribution in [2.45, 2.75) is 13.5 Å². The van der Waals surface area contributed by atoms with Gasteiger partial charge in [-0.05, 0) is 30.7 Å². The van der Waals surface area contributed by atoms with Crippen LogP contribution in [0.3, 0.4) is 0 Å². The molecule has 0 bridgehead atoms. The summed E-state index contributed by atoms with van der Waals surface area (Å²) in [5, 5.41) is 16.5. The SMILES string of the molecule is Cc1nnc(COc2ccc(/C=C/C(=O)O)cc2)n1C. The van der Waals surface area contributed by atoms with Gasteiger partial charge in [0.2, 0.25) is 0 Å². The van der Waals surface area contributed by atoms with Gasteiger partial charge in [-0.25, -0.2) is 4.79 Å². The number of hydrogen-bond acceptors (Lipinski definition) is 4. The quantitative estimate of drug-likeness (QED) is 0.840. The van der Waals surface area contributed by atoms with Crippen LogP contribution in [-0.4, -0.2) is 25.8 Å². The van der Waals surface area contributed by atoms with Gasteiger partial charge in [-0.2, -0.15) is 0 Å². The van der Waals surface area contributed by atoms with Gasteiger partial charge in [-0.1, -0.05) is 12.1 Å². The first kappa shape index (κ1) is 13.8. The molecule has 0 saturated heterocycles. The van der Waals surface area contributed by atoms with Crippen LogP contribution in [-0.2, 0) is 18.4 Å². The Bertz CT molecular complexity index is 630. The van der Waals surface area contributed by atoms with E-state index >= 15 is 0 Å². The van der Waals surface area contributed by atoms with Gasteiger partial charge in [0.05, 0.1) is 0 Å². The average Bonchev–Trinajstić information content (AvgIpc) is 2.75. The molecule has 0 radical (unpaired) electrons. The maximum Gasteiger partial charge on any atom is 0.328 e. The van der Waals surface area contributed by atoms with E-state index in [0.717, 1.165) is 23.3 Å². The first-order valence-corrected chi connectivity index (χ1v) is 6.05. The van der Waals surface area contributed by atoms with Crippen LogP contribution in [0, 0.1) is 6.92 Å². The summed E-state index contributed by atoms with van der Waals surface area (Å²) in [5.74, 6) is 1.30. The third kappa shape index (κ3) is 3.44. The van der Waals surface area contributed by atoms with E-state index in [4.69, 9.17) is 9.84 Å². The average molecular weight is 273 g/mol. The van der Waals surface area contributed by atoms with Crippen molar-refractivity contribution >= 4 is 12.0 Å². The number of ether oxygens (including phenoxy) is 1. The van der Waals surface area contributed by atoms with Gasteiger partial charge in [0.1, 0.15) is 18.2 Å². The van der Waals surface area contributed by atoms with E-state index in [2.05, 4.69) is 10.2 Å². The number of aromatic nitrogens is 3. The number of aliphatic carboxylic acids is 1. The van der Waals surface area contributed by atoms with Crippen LogP contribution in [0.2, 0.25) is 0 Å². The van der Waals surface area contributed by atoms with Crippen LogP contribution >= 0.6 is 0 Å². The third-order valence-electron chi connectivity index (χ3n) is 2.85. The second-order valence-electron chi connectivity index (χ2n) is 4.25. The first-order chi connectivity index (χ1) is 9.56. The van der Waals surface area contributed by atoms with Gasteiger partial charge in [0.15, 0.2) is 5.82 Å². The summed E-state index contributed by atoms with van der Waals surface area (Å²) in [6, 6.07) is 7.14. The predicted octanol–water partition coefficient (Wildman–Crippen LogP) is 1.80. The molecule has 0 atom stereocenters. The van der Waals surface area contributed by atoms with Gasteiger partial charge in [-0.15, -0.1) is 10.2 Å². The largest absolute Gasteiger partial charge is 0.486 e. The zero-order valence-electron chi connectivity index (χ0n) is 11.3. The molecule has 0 saturated carbocycles. The predicted molar refractivity (Wildman–Crippen MR) is 73.2 cm³/mol. The van der Waals surface area contributed by atoms with Crippen molar-refractivity contribution in [1.82, 2.24) is 14.8 Å². The minimum Gasteiger partial charge on any atom is -0.486 e. The van der Waals surface area contributed by atoms with Crippen LogP contribution in [0.5, 0.6) is 5.75 Å². The lowest BCUT2D eigenvalue weighted by atomic mass is 10.2. The van der Waals surface area contributed by atoms with Crippen LogP contribution in [0.25, 0.3) is 6.08 Å². The summed E-state index contributed by atoms with van der Waals surface area (Å²) in [6.45, 7) is 2.21. The summed E-state index contributed by atoms with van der Waals surface area (Å²) in [6.07, 6.45) is 2.62. The lowest BCUT2D eigenvalue weighted by Crippen LogP contribution is -2.04. The highest BCUT2D eigenvalue weighted by molar-refractivity contribution is 5.85. The summed E-state index contributed by atoms with van der Waals surface area (Å²) >= 11 is 0. The zero-order valence-corrected chi connectivity index (χ0v) is 11.3. The summed E-state index contributed by atoms with van der Waals surface area (Å²) < 4.78 is 7.47. The van der Waals surface area contributed by atoms with Gasteiger partial charge in [0, 0.05) is 13.1 Å². The molecule has 104 valence electrons. The molecule has 0 amide bonds. The maximum absolute atomic E-state index is 10.4. The number of rotatable bonds is 5. The number of carboxylic acid groups (broad SMARTS) is 1. The van der Waals surface area contributed by atoms with Gasteiger partial charge >= 0.3 is 5.97 Å². The van der Waals surface area contributed by atoms with Gasteiger partial charge in [0.25, 0.3) is 0 Å². The smallest absolute Gasteiger partial charge is 0.328 e. The molecule has 1 N–H and O–H groups in total. The Kier molecular flexibility index (Phi) is 4.14. The molecule has 1 aromatic heterocycles. The molecule has 0 unspecified atom stereocenters. The van der Waals surface area contributed by atoms with Crippen molar-refractivity contribution in [3.05, 3.63) is 47.6 Å². The van der Waals surface area contributed by atoms with E-state index < -0.39 is 5.97 Å². The normalized spacial score (nSPS) is 10.9. The Morgan fingerprint density at radius 1 is 1.35 bits per heavy atom. The lowest BCUT2D eigenvalue weighted by molar-refractivity contribution is -0.131. The molecule has 0 spiro atoms. The van der Waals surface area contributed by atoms with Crippen LogP contribution in [0.1, 0.15) is 17.2 Å². The highest BCUT2D eigenvalue weighted by Crippen LogP contribution is 2.14. The van der Waals surface area contributed by atoms with E-state index in [1.165, 1.54) is 6.08 Å². The molecule has 0 fully saturated rings. The van der Waals surface area contributed by atoms with Crippen LogP contribution in [0.15, 0.2) is 30.3 Å². The Balaban J connectivity index is 1.97. The summed E-state index contributed by atoms with van der Waals surface area (Å²) in [4.78, 5) is 10.4. The number of hydrogen-bond donors (Lipinski definition) is 1.